The van der Waals surface area contributed by atoms with Gasteiger partial charge in [0.1, 0.15) is 5.82 Å². The van der Waals surface area contributed by atoms with Crippen molar-refractivity contribution in [3.05, 3.63) is 53.2 Å². The van der Waals surface area contributed by atoms with E-state index < -0.39 is 10.0 Å². The molecular formula is C12H11ClN2O3S. The number of sulfonamides is 1. The lowest BCUT2D eigenvalue weighted by Crippen LogP contribution is -2.14. The molecule has 0 radical (unpaired) electrons. The normalized spacial score (nSPS) is 11.3. The summed E-state index contributed by atoms with van der Waals surface area (Å²) in [7, 11) is -3.74. The quantitative estimate of drug-likeness (QED) is 0.905. The van der Waals surface area contributed by atoms with Crippen LogP contribution in [0, 0.1) is 0 Å². The molecular weight excluding hydrogens is 288 g/mol. The fraction of sp³-hybridized carbons (Fsp3) is 0.0833. The largest absolute Gasteiger partial charge is 0.392 e. The van der Waals surface area contributed by atoms with E-state index in [1.165, 1.54) is 24.4 Å². The lowest BCUT2D eigenvalue weighted by atomic mass is 10.2. The molecule has 0 aliphatic heterocycles. The van der Waals surface area contributed by atoms with Gasteiger partial charge in [0.25, 0.3) is 10.0 Å². The van der Waals surface area contributed by atoms with Gasteiger partial charge in [0, 0.05) is 11.2 Å². The van der Waals surface area contributed by atoms with Crippen LogP contribution >= 0.6 is 11.6 Å². The maximum atomic E-state index is 12.1. The van der Waals surface area contributed by atoms with Gasteiger partial charge >= 0.3 is 0 Å². The highest BCUT2D eigenvalue weighted by Crippen LogP contribution is 2.21. The Kier molecular flexibility index (Phi) is 4.04. The second-order valence-corrected chi connectivity index (χ2v) is 5.82. The lowest BCUT2D eigenvalue weighted by molar-refractivity contribution is 0.281. The van der Waals surface area contributed by atoms with Crippen molar-refractivity contribution in [2.45, 2.75) is 11.5 Å². The zero-order chi connectivity index (χ0) is 13.9. The molecule has 0 saturated heterocycles. The Labute approximate surface area is 115 Å². The van der Waals surface area contributed by atoms with Crippen LogP contribution in [0.25, 0.3) is 0 Å². The van der Waals surface area contributed by atoms with Crippen LogP contribution in [0.4, 0.5) is 5.82 Å². The highest BCUT2D eigenvalue weighted by Gasteiger charge is 2.16. The van der Waals surface area contributed by atoms with Gasteiger partial charge in [-0.15, -0.1) is 0 Å². The minimum Gasteiger partial charge on any atom is -0.392 e. The maximum absolute atomic E-state index is 12.1. The third kappa shape index (κ3) is 3.23. The summed E-state index contributed by atoms with van der Waals surface area (Å²) in [4.78, 5) is 3.90. The number of pyridine rings is 1. The van der Waals surface area contributed by atoms with Crippen LogP contribution in [0.2, 0.25) is 5.02 Å². The van der Waals surface area contributed by atoms with Crippen molar-refractivity contribution < 1.29 is 13.5 Å². The second kappa shape index (κ2) is 5.56. The van der Waals surface area contributed by atoms with E-state index in [9.17, 15) is 8.42 Å². The summed E-state index contributed by atoms with van der Waals surface area (Å²) in [5, 5.41) is 9.41. The van der Waals surface area contributed by atoms with E-state index in [-0.39, 0.29) is 17.3 Å². The van der Waals surface area contributed by atoms with Gasteiger partial charge in [0.2, 0.25) is 0 Å². The summed E-state index contributed by atoms with van der Waals surface area (Å²) in [6, 6.07) is 9.02. The van der Waals surface area contributed by atoms with Gasteiger partial charge in [0.15, 0.2) is 0 Å². The van der Waals surface area contributed by atoms with Crippen molar-refractivity contribution in [2.75, 3.05) is 4.72 Å². The number of anilines is 1. The number of hydrogen-bond acceptors (Lipinski definition) is 4. The van der Waals surface area contributed by atoms with Crippen molar-refractivity contribution >= 4 is 27.4 Å². The van der Waals surface area contributed by atoms with Crippen molar-refractivity contribution in [3.63, 3.8) is 0 Å². The van der Waals surface area contributed by atoms with Gasteiger partial charge in [-0.25, -0.2) is 13.4 Å². The summed E-state index contributed by atoms with van der Waals surface area (Å²) in [5.74, 6) is 0.225. The molecule has 2 aromatic rings. The Bertz CT molecular complexity index is 675. The van der Waals surface area contributed by atoms with E-state index in [2.05, 4.69) is 9.71 Å². The smallest absolute Gasteiger partial charge is 0.263 e. The number of aliphatic hydroxyl groups is 1. The average molecular weight is 299 g/mol. The topological polar surface area (TPSA) is 79.3 Å². The standard InChI is InChI=1S/C12H11ClN2O3S/c13-11-5-4-10(7-9(11)8-16)19(17,18)15-12-3-1-2-6-14-12/h1-7,16H,8H2,(H,14,15). The molecule has 1 heterocycles. The van der Waals surface area contributed by atoms with Crippen LogP contribution in [0.5, 0.6) is 0 Å². The second-order valence-electron chi connectivity index (χ2n) is 3.73. The predicted molar refractivity (Wildman–Crippen MR) is 72.4 cm³/mol. The van der Waals surface area contributed by atoms with E-state index in [4.69, 9.17) is 16.7 Å². The molecule has 0 fully saturated rings. The zero-order valence-corrected chi connectivity index (χ0v) is 11.3. The maximum Gasteiger partial charge on any atom is 0.263 e. The number of halogens is 1. The summed E-state index contributed by atoms with van der Waals surface area (Å²) < 4.78 is 26.6. The van der Waals surface area contributed by atoms with Crippen molar-refractivity contribution in [1.82, 2.24) is 4.98 Å². The minimum atomic E-state index is -3.74. The molecule has 0 atom stereocenters. The number of hydrogen-bond donors (Lipinski definition) is 2. The van der Waals surface area contributed by atoms with E-state index >= 15 is 0 Å². The molecule has 0 saturated carbocycles. The van der Waals surface area contributed by atoms with Gasteiger partial charge < -0.3 is 5.11 Å². The molecule has 19 heavy (non-hydrogen) atoms. The van der Waals surface area contributed by atoms with Crippen LogP contribution in [0.3, 0.4) is 0 Å². The fourth-order valence-corrected chi connectivity index (χ4v) is 2.69. The predicted octanol–water partition coefficient (Wildman–Crippen LogP) is 2.03. The molecule has 0 aliphatic rings. The van der Waals surface area contributed by atoms with E-state index in [1.54, 1.807) is 18.2 Å². The third-order valence-corrected chi connectivity index (χ3v) is 4.12. The van der Waals surface area contributed by atoms with Gasteiger partial charge in [-0.1, -0.05) is 17.7 Å². The first-order valence-corrected chi connectivity index (χ1v) is 7.22. The zero-order valence-electron chi connectivity index (χ0n) is 9.75. The molecule has 0 amide bonds. The Morgan fingerprint density at radius 3 is 2.68 bits per heavy atom. The highest BCUT2D eigenvalue weighted by molar-refractivity contribution is 7.92. The van der Waals surface area contributed by atoms with Crippen LogP contribution in [0.15, 0.2) is 47.5 Å². The molecule has 2 rings (SSSR count). The van der Waals surface area contributed by atoms with Gasteiger partial charge in [0.05, 0.1) is 11.5 Å². The van der Waals surface area contributed by atoms with E-state index in [0.717, 1.165) is 0 Å². The Morgan fingerprint density at radius 2 is 2.05 bits per heavy atom. The van der Waals surface area contributed by atoms with Gasteiger partial charge in [-0.3, -0.25) is 4.72 Å². The van der Waals surface area contributed by atoms with Crippen LogP contribution in [0.1, 0.15) is 5.56 Å². The number of aliphatic hydroxyl groups excluding tert-OH is 1. The van der Waals surface area contributed by atoms with E-state index in [0.29, 0.717) is 10.6 Å². The number of rotatable bonds is 4. The Balaban J connectivity index is 2.35. The number of benzene rings is 1. The molecule has 0 spiro atoms. The molecule has 0 unspecified atom stereocenters. The Morgan fingerprint density at radius 1 is 1.26 bits per heavy atom. The minimum absolute atomic E-state index is 0.0200. The van der Waals surface area contributed by atoms with Crippen LogP contribution in [-0.4, -0.2) is 18.5 Å². The van der Waals surface area contributed by atoms with Crippen molar-refractivity contribution in [1.29, 1.82) is 0 Å². The molecule has 1 aromatic heterocycles. The van der Waals surface area contributed by atoms with Crippen LogP contribution < -0.4 is 4.72 Å². The van der Waals surface area contributed by atoms with Crippen molar-refractivity contribution in [3.8, 4) is 0 Å². The number of nitrogens with zero attached hydrogens (tertiary/aromatic N) is 1. The summed E-state index contributed by atoms with van der Waals surface area (Å²) in [6.07, 6.45) is 1.48. The van der Waals surface area contributed by atoms with Gasteiger partial charge in [-0.05, 0) is 35.9 Å². The SMILES string of the molecule is O=S(=O)(Nc1ccccn1)c1ccc(Cl)c(CO)c1. The lowest BCUT2D eigenvalue weighted by Gasteiger charge is -2.09. The molecule has 2 N–H and O–H groups in total. The first kappa shape index (κ1) is 13.8. The Hall–Kier alpha value is -1.63. The highest BCUT2D eigenvalue weighted by atomic mass is 35.5. The van der Waals surface area contributed by atoms with E-state index in [1.807, 2.05) is 0 Å². The number of nitrogens with one attached hydrogen (secondary N) is 1. The molecule has 100 valence electrons. The summed E-state index contributed by atoms with van der Waals surface area (Å²) in [5.41, 5.74) is 0.352. The average Bonchev–Trinajstić information content (AvgIpc) is 2.39. The molecule has 7 heteroatoms. The molecule has 0 bridgehead atoms. The van der Waals surface area contributed by atoms with Gasteiger partial charge in [-0.2, -0.15) is 0 Å². The molecule has 0 aliphatic carbocycles. The van der Waals surface area contributed by atoms with Crippen LogP contribution in [-0.2, 0) is 16.6 Å². The first-order valence-electron chi connectivity index (χ1n) is 5.36. The number of aromatic nitrogens is 1. The summed E-state index contributed by atoms with van der Waals surface area (Å²) in [6.45, 7) is -0.328. The first-order chi connectivity index (χ1) is 9.03. The molecule has 1 aromatic carbocycles. The molecule has 5 nitrogen and oxygen atoms in total. The monoisotopic (exact) mass is 298 g/mol. The third-order valence-electron chi connectivity index (χ3n) is 2.40. The fourth-order valence-electron chi connectivity index (χ4n) is 1.46. The van der Waals surface area contributed by atoms with Crippen molar-refractivity contribution in [2.24, 2.45) is 0 Å². The summed E-state index contributed by atoms with van der Waals surface area (Å²) >= 11 is 5.82.